The van der Waals surface area contributed by atoms with Crippen LogP contribution in [0.4, 0.5) is 4.79 Å². The molecule has 17 heavy (non-hydrogen) atoms. The summed E-state index contributed by atoms with van der Waals surface area (Å²) in [5.41, 5.74) is 8.35. The van der Waals surface area contributed by atoms with Crippen LogP contribution in [-0.4, -0.2) is 49.8 Å². The molecule has 8 heteroatoms. The van der Waals surface area contributed by atoms with Crippen molar-refractivity contribution in [3.8, 4) is 0 Å². The molecule has 2 atom stereocenters. The molecule has 0 aromatic carbocycles. The first-order chi connectivity index (χ1) is 8.13. The van der Waals surface area contributed by atoms with E-state index in [1.54, 1.807) is 0 Å². The molecular formula is C9H14N4O4. The number of piperidine rings is 1. The highest BCUT2D eigenvalue weighted by atomic mass is 16.5. The molecule has 0 radical (unpaired) electrons. The van der Waals surface area contributed by atoms with Crippen molar-refractivity contribution in [3.63, 3.8) is 0 Å². The molecular weight excluding hydrogens is 228 g/mol. The fourth-order valence-electron chi connectivity index (χ4n) is 1.82. The Morgan fingerprint density at radius 1 is 1.35 bits per heavy atom. The molecule has 1 aliphatic rings. The molecule has 1 rings (SSSR count). The van der Waals surface area contributed by atoms with Crippen LogP contribution in [0.2, 0.25) is 0 Å². The molecule has 1 saturated heterocycles. The highest BCUT2D eigenvalue weighted by molar-refractivity contribution is 5.81. The van der Waals surface area contributed by atoms with Crippen molar-refractivity contribution in [2.75, 3.05) is 20.8 Å². The number of hydrogen-bond acceptors (Lipinski definition) is 5. The topological polar surface area (TPSA) is 105 Å². The van der Waals surface area contributed by atoms with Gasteiger partial charge in [-0.05, 0) is 18.4 Å². The Morgan fingerprint density at radius 3 is 2.59 bits per heavy atom. The number of ether oxygens (including phenoxy) is 2. The number of methoxy groups -OCH3 is 2. The van der Waals surface area contributed by atoms with Gasteiger partial charge in [0.1, 0.15) is 6.04 Å². The zero-order valence-corrected chi connectivity index (χ0v) is 9.70. The van der Waals surface area contributed by atoms with Crippen LogP contribution in [-0.2, 0) is 14.3 Å². The number of azide groups is 1. The lowest BCUT2D eigenvalue weighted by molar-refractivity contribution is -0.147. The van der Waals surface area contributed by atoms with Crippen molar-refractivity contribution in [1.82, 2.24) is 4.90 Å². The summed E-state index contributed by atoms with van der Waals surface area (Å²) < 4.78 is 9.20. The SMILES string of the molecule is COC(=O)[C@H]1CC[C@@H](N=[N+]=[N-])CN1C(=O)OC. The summed E-state index contributed by atoms with van der Waals surface area (Å²) >= 11 is 0. The molecule has 0 aromatic rings. The van der Waals surface area contributed by atoms with Crippen molar-refractivity contribution in [2.45, 2.75) is 24.9 Å². The number of amides is 1. The maximum absolute atomic E-state index is 11.5. The third-order valence-corrected chi connectivity index (χ3v) is 2.65. The average Bonchev–Trinajstić information content (AvgIpc) is 2.37. The second-order valence-corrected chi connectivity index (χ2v) is 3.60. The summed E-state index contributed by atoms with van der Waals surface area (Å²) in [4.78, 5) is 26.9. The smallest absolute Gasteiger partial charge is 0.410 e. The Labute approximate surface area is 98.1 Å². The lowest BCUT2D eigenvalue weighted by Gasteiger charge is -2.35. The van der Waals surface area contributed by atoms with E-state index < -0.39 is 18.1 Å². The van der Waals surface area contributed by atoms with Gasteiger partial charge in [0.15, 0.2) is 0 Å². The number of esters is 1. The molecule has 0 spiro atoms. The predicted molar refractivity (Wildman–Crippen MR) is 57.1 cm³/mol. The van der Waals surface area contributed by atoms with Crippen LogP contribution in [0.1, 0.15) is 12.8 Å². The summed E-state index contributed by atoms with van der Waals surface area (Å²) in [6.07, 6.45) is 0.307. The molecule has 1 amide bonds. The summed E-state index contributed by atoms with van der Waals surface area (Å²) in [6.45, 7) is 0.163. The number of carbonyl (C=O) groups excluding carboxylic acids is 2. The van der Waals surface area contributed by atoms with Gasteiger partial charge in [-0.15, -0.1) is 0 Å². The lowest BCUT2D eigenvalue weighted by atomic mass is 9.99. The van der Waals surface area contributed by atoms with E-state index in [1.807, 2.05) is 0 Å². The molecule has 0 saturated carbocycles. The van der Waals surface area contributed by atoms with E-state index in [2.05, 4.69) is 19.5 Å². The second kappa shape index (κ2) is 5.95. The number of hydrogen-bond donors (Lipinski definition) is 0. The molecule has 1 fully saturated rings. The van der Waals surface area contributed by atoms with E-state index in [9.17, 15) is 9.59 Å². The van der Waals surface area contributed by atoms with Crippen LogP contribution in [0.15, 0.2) is 5.11 Å². The Bertz CT molecular complexity index is 353. The van der Waals surface area contributed by atoms with Crippen molar-refractivity contribution < 1.29 is 19.1 Å². The highest BCUT2D eigenvalue weighted by Gasteiger charge is 2.36. The summed E-state index contributed by atoms with van der Waals surface area (Å²) in [5, 5.41) is 3.55. The zero-order valence-electron chi connectivity index (χ0n) is 9.70. The Balaban J connectivity index is 2.82. The molecule has 0 N–H and O–H groups in total. The first kappa shape index (κ1) is 13.1. The largest absolute Gasteiger partial charge is 0.467 e. The fraction of sp³-hybridized carbons (Fsp3) is 0.778. The van der Waals surface area contributed by atoms with Crippen LogP contribution in [0.5, 0.6) is 0 Å². The minimum Gasteiger partial charge on any atom is -0.467 e. The molecule has 0 aliphatic carbocycles. The van der Waals surface area contributed by atoms with E-state index in [1.165, 1.54) is 19.1 Å². The van der Waals surface area contributed by atoms with Crippen LogP contribution in [0.25, 0.3) is 10.4 Å². The van der Waals surface area contributed by atoms with Crippen molar-refractivity contribution >= 4 is 12.1 Å². The first-order valence-electron chi connectivity index (χ1n) is 5.10. The summed E-state index contributed by atoms with van der Waals surface area (Å²) in [6, 6.07) is -1.00. The molecule has 0 aromatic heterocycles. The van der Waals surface area contributed by atoms with E-state index in [-0.39, 0.29) is 12.6 Å². The van der Waals surface area contributed by atoms with Gasteiger partial charge < -0.3 is 9.47 Å². The van der Waals surface area contributed by atoms with Gasteiger partial charge in [0, 0.05) is 11.5 Å². The third kappa shape index (κ3) is 3.01. The van der Waals surface area contributed by atoms with Crippen LogP contribution in [0.3, 0.4) is 0 Å². The van der Waals surface area contributed by atoms with Gasteiger partial charge in [0.2, 0.25) is 0 Å². The number of rotatable bonds is 2. The van der Waals surface area contributed by atoms with Crippen LogP contribution < -0.4 is 0 Å². The fourth-order valence-corrected chi connectivity index (χ4v) is 1.82. The number of nitrogens with zero attached hydrogens (tertiary/aromatic N) is 4. The van der Waals surface area contributed by atoms with E-state index in [0.717, 1.165) is 0 Å². The van der Waals surface area contributed by atoms with Gasteiger partial charge in [-0.1, -0.05) is 5.11 Å². The molecule has 0 bridgehead atoms. The van der Waals surface area contributed by atoms with Crippen molar-refractivity contribution in [1.29, 1.82) is 0 Å². The lowest BCUT2D eigenvalue weighted by Crippen LogP contribution is -2.52. The average molecular weight is 242 g/mol. The normalized spacial score (nSPS) is 23.5. The van der Waals surface area contributed by atoms with E-state index >= 15 is 0 Å². The Morgan fingerprint density at radius 2 is 2.06 bits per heavy atom. The van der Waals surface area contributed by atoms with Crippen LogP contribution >= 0.6 is 0 Å². The summed E-state index contributed by atoms with van der Waals surface area (Å²) in [5.74, 6) is -0.491. The molecule has 8 nitrogen and oxygen atoms in total. The van der Waals surface area contributed by atoms with Crippen LogP contribution in [0, 0.1) is 0 Å². The predicted octanol–water partition coefficient (Wildman–Crippen LogP) is 1.07. The number of likely N-dealkylation sites (tertiary alicyclic amines) is 1. The first-order valence-corrected chi connectivity index (χ1v) is 5.10. The molecule has 1 aliphatic heterocycles. The van der Waals surface area contributed by atoms with E-state index in [0.29, 0.717) is 12.8 Å². The Hall–Kier alpha value is -1.95. The maximum Gasteiger partial charge on any atom is 0.410 e. The van der Waals surface area contributed by atoms with Gasteiger partial charge in [0.05, 0.1) is 20.3 Å². The van der Waals surface area contributed by atoms with Gasteiger partial charge >= 0.3 is 12.1 Å². The summed E-state index contributed by atoms with van der Waals surface area (Å²) in [7, 11) is 2.49. The van der Waals surface area contributed by atoms with Gasteiger partial charge in [-0.2, -0.15) is 0 Å². The third-order valence-electron chi connectivity index (χ3n) is 2.65. The number of carbonyl (C=O) groups is 2. The van der Waals surface area contributed by atoms with E-state index in [4.69, 9.17) is 5.53 Å². The monoisotopic (exact) mass is 242 g/mol. The second-order valence-electron chi connectivity index (χ2n) is 3.60. The quantitative estimate of drug-likeness (QED) is 0.312. The highest BCUT2D eigenvalue weighted by Crippen LogP contribution is 2.21. The molecule has 1 heterocycles. The minimum atomic E-state index is -0.669. The van der Waals surface area contributed by atoms with Gasteiger partial charge in [0.25, 0.3) is 0 Å². The van der Waals surface area contributed by atoms with Crippen molar-refractivity contribution in [2.24, 2.45) is 5.11 Å². The van der Waals surface area contributed by atoms with Gasteiger partial charge in [-0.25, -0.2) is 9.59 Å². The zero-order chi connectivity index (χ0) is 12.8. The van der Waals surface area contributed by atoms with Crippen molar-refractivity contribution in [3.05, 3.63) is 10.4 Å². The maximum atomic E-state index is 11.5. The standard InChI is InChI=1S/C9H14N4O4/c1-16-8(14)7-4-3-6(11-12-10)5-13(7)9(15)17-2/h6-7H,3-5H2,1-2H3/t6-,7-/m1/s1. The molecule has 0 unspecified atom stereocenters. The Kier molecular flexibility index (Phi) is 4.59. The molecule has 94 valence electrons. The minimum absolute atomic E-state index is 0.163. The van der Waals surface area contributed by atoms with Gasteiger partial charge in [-0.3, -0.25) is 4.90 Å².